The second kappa shape index (κ2) is 9.61. The Kier molecular flexibility index (Phi) is 7.21. The molecule has 0 spiro atoms. The van der Waals surface area contributed by atoms with Crippen LogP contribution in [0.4, 0.5) is 5.69 Å². The minimum Gasteiger partial charge on any atom is -0.492 e. The van der Waals surface area contributed by atoms with Crippen LogP contribution in [0.3, 0.4) is 0 Å². The zero-order valence-corrected chi connectivity index (χ0v) is 15.6. The van der Waals surface area contributed by atoms with Gasteiger partial charge in [0.05, 0.1) is 12.3 Å². The van der Waals surface area contributed by atoms with E-state index >= 15 is 0 Å². The zero-order chi connectivity index (χ0) is 18.9. The first-order valence-electron chi connectivity index (χ1n) is 8.88. The van der Waals surface area contributed by atoms with Gasteiger partial charge in [0.15, 0.2) is 0 Å². The number of rotatable bonds is 8. The molecule has 0 aromatic heterocycles. The van der Waals surface area contributed by atoms with Crippen LogP contribution < -0.4 is 9.64 Å². The van der Waals surface area contributed by atoms with Crippen LogP contribution in [-0.2, 0) is 16.1 Å². The first kappa shape index (κ1) is 19.5. The molecule has 2 aromatic carbocycles. The molecule has 0 bridgehead atoms. The van der Waals surface area contributed by atoms with Crippen molar-refractivity contribution in [1.82, 2.24) is 4.90 Å². The molecule has 2 rings (SSSR count). The van der Waals surface area contributed by atoms with Crippen molar-refractivity contribution < 1.29 is 14.3 Å². The molecule has 0 heterocycles. The number of amides is 2. The van der Waals surface area contributed by atoms with Crippen LogP contribution in [0.2, 0.25) is 0 Å². The first-order chi connectivity index (χ1) is 12.6. The van der Waals surface area contributed by atoms with Crippen LogP contribution in [0, 0.1) is 0 Å². The lowest BCUT2D eigenvalue weighted by molar-refractivity contribution is -0.131. The number of nitrogens with zero attached hydrogens (tertiary/aromatic N) is 2. The van der Waals surface area contributed by atoms with Gasteiger partial charge in [-0.2, -0.15) is 0 Å². The Bertz CT molecular complexity index is 731. The minimum atomic E-state index is -0.193. The van der Waals surface area contributed by atoms with Crippen LogP contribution in [0.5, 0.6) is 5.75 Å². The van der Waals surface area contributed by atoms with Crippen LogP contribution >= 0.6 is 0 Å². The van der Waals surface area contributed by atoms with E-state index in [0.717, 1.165) is 5.56 Å². The summed E-state index contributed by atoms with van der Waals surface area (Å²) in [5, 5.41) is 0. The maximum Gasteiger partial charge on any atom is 0.242 e. The number of likely N-dealkylation sites (N-methyl/N-ethyl adjacent to an activating group) is 1. The molecule has 5 heteroatoms. The van der Waals surface area contributed by atoms with Crippen LogP contribution in [0.25, 0.3) is 0 Å². The smallest absolute Gasteiger partial charge is 0.242 e. The molecule has 0 aliphatic heterocycles. The number of ether oxygens (including phenoxy) is 1. The Balaban J connectivity index is 2.18. The molecule has 0 aliphatic carbocycles. The van der Waals surface area contributed by atoms with Crippen molar-refractivity contribution in [2.24, 2.45) is 0 Å². The van der Waals surface area contributed by atoms with E-state index in [4.69, 9.17) is 4.74 Å². The molecular formula is C21H26N2O3. The maximum absolute atomic E-state index is 12.8. The van der Waals surface area contributed by atoms with E-state index in [2.05, 4.69) is 0 Å². The molecule has 0 N–H and O–H groups in total. The summed E-state index contributed by atoms with van der Waals surface area (Å²) in [5.74, 6) is 0.309. The van der Waals surface area contributed by atoms with Gasteiger partial charge in [-0.3, -0.25) is 14.5 Å². The van der Waals surface area contributed by atoms with Crippen molar-refractivity contribution in [3.8, 4) is 5.75 Å². The summed E-state index contributed by atoms with van der Waals surface area (Å²) in [7, 11) is 0. The lowest BCUT2D eigenvalue weighted by atomic mass is 10.2. The summed E-state index contributed by atoms with van der Waals surface area (Å²) in [6, 6.07) is 17.1. The summed E-state index contributed by atoms with van der Waals surface area (Å²) in [6.07, 6.45) is 0. The minimum absolute atomic E-state index is 0.0138. The number of carbonyl (C=O) groups is 2. The molecule has 0 atom stereocenters. The third-order valence-corrected chi connectivity index (χ3v) is 4.08. The molecule has 26 heavy (non-hydrogen) atoms. The van der Waals surface area contributed by atoms with Gasteiger partial charge in [0, 0.05) is 20.0 Å². The highest BCUT2D eigenvalue weighted by atomic mass is 16.5. The molecule has 0 saturated carbocycles. The molecule has 0 aliphatic rings. The summed E-state index contributed by atoms with van der Waals surface area (Å²) in [4.78, 5) is 28.3. The largest absolute Gasteiger partial charge is 0.492 e. The number of para-hydroxylation sites is 2. The predicted molar refractivity (Wildman–Crippen MR) is 103 cm³/mol. The van der Waals surface area contributed by atoms with E-state index in [9.17, 15) is 9.59 Å². The van der Waals surface area contributed by atoms with Crippen molar-refractivity contribution in [2.45, 2.75) is 27.3 Å². The van der Waals surface area contributed by atoms with Gasteiger partial charge in [-0.15, -0.1) is 0 Å². The van der Waals surface area contributed by atoms with Gasteiger partial charge in [-0.25, -0.2) is 0 Å². The van der Waals surface area contributed by atoms with E-state index in [1.165, 1.54) is 11.8 Å². The molecule has 0 fully saturated rings. The molecule has 138 valence electrons. The van der Waals surface area contributed by atoms with Gasteiger partial charge in [-0.05, 0) is 31.5 Å². The topological polar surface area (TPSA) is 49.9 Å². The fraction of sp³-hybridized carbons (Fsp3) is 0.333. The highest BCUT2D eigenvalue weighted by molar-refractivity contribution is 5.98. The van der Waals surface area contributed by atoms with E-state index in [1.54, 1.807) is 17.0 Å². The lowest BCUT2D eigenvalue weighted by Crippen LogP contribution is -2.42. The van der Waals surface area contributed by atoms with Gasteiger partial charge < -0.3 is 9.64 Å². The summed E-state index contributed by atoms with van der Waals surface area (Å²) in [5.41, 5.74) is 1.68. The van der Waals surface area contributed by atoms with E-state index in [0.29, 0.717) is 31.1 Å². The third-order valence-electron chi connectivity index (χ3n) is 4.08. The molecule has 2 amide bonds. The monoisotopic (exact) mass is 354 g/mol. The Morgan fingerprint density at radius 3 is 2.23 bits per heavy atom. The normalized spacial score (nSPS) is 10.3. The summed E-state index contributed by atoms with van der Waals surface area (Å²) >= 11 is 0. The van der Waals surface area contributed by atoms with Crippen molar-refractivity contribution in [2.75, 3.05) is 24.6 Å². The zero-order valence-electron chi connectivity index (χ0n) is 15.6. The molecule has 5 nitrogen and oxygen atoms in total. The number of hydrogen-bond donors (Lipinski definition) is 0. The van der Waals surface area contributed by atoms with E-state index in [-0.39, 0.29) is 18.4 Å². The SMILES string of the molecule is CCOc1ccccc1N(CC(=O)N(CC)Cc1ccccc1)C(C)=O. The van der Waals surface area contributed by atoms with Gasteiger partial charge in [-0.1, -0.05) is 42.5 Å². The average molecular weight is 354 g/mol. The molecule has 2 aromatic rings. The average Bonchev–Trinajstić information content (AvgIpc) is 2.65. The first-order valence-corrected chi connectivity index (χ1v) is 8.88. The van der Waals surface area contributed by atoms with E-state index in [1.807, 2.05) is 56.3 Å². The van der Waals surface area contributed by atoms with Crippen LogP contribution in [0.1, 0.15) is 26.3 Å². The van der Waals surface area contributed by atoms with Crippen LogP contribution in [-0.4, -0.2) is 36.4 Å². The quantitative estimate of drug-likeness (QED) is 0.729. The Labute approximate surface area is 155 Å². The van der Waals surface area contributed by atoms with Gasteiger partial charge in [0.1, 0.15) is 12.3 Å². The lowest BCUT2D eigenvalue weighted by Gasteiger charge is -2.27. The summed E-state index contributed by atoms with van der Waals surface area (Å²) in [6.45, 7) is 6.86. The molecular weight excluding hydrogens is 328 g/mol. The van der Waals surface area contributed by atoms with Crippen molar-refractivity contribution in [3.63, 3.8) is 0 Å². The third kappa shape index (κ3) is 5.09. The second-order valence-corrected chi connectivity index (χ2v) is 5.90. The highest BCUT2D eigenvalue weighted by Gasteiger charge is 2.22. The highest BCUT2D eigenvalue weighted by Crippen LogP contribution is 2.28. The second-order valence-electron chi connectivity index (χ2n) is 5.90. The van der Waals surface area contributed by atoms with Crippen molar-refractivity contribution >= 4 is 17.5 Å². The Hall–Kier alpha value is -2.82. The molecule has 0 radical (unpaired) electrons. The van der Waals surface area contributed by atoms with Crippen molar-refractivity contribution in [1.29, 1.82) is 0 Å². The predicted octanol–water partition coefficient (Wildman–Crippen LogP) is 3.49. The number of anilines is 1. The Morgan fingerprint density at radius 1 is 0.962 bits per heavy atom. The molecule has 0 saturated heterocycles. The number of carbonyl (C=O) groups excluding carboxylic acids is 2. The van der Waals surface area contributed by atoms with Crippen LogP contribution in [0.15, 0.2) is 54.6 Å². The van der Waals surface area contributed by atoms with Gasteiger partial charge in [0.25, 0.3) is 0 Å². The Morgan fingerprint density at radius 2 is 1.62 bits per heavy atom. The van der Waals surface area contributed by atoms with Gasteiger partial charge >= 0.3 is 0 Å². The van der Waals surface area contributed by atoms with Gasteiger partial charge in [0.2, 0.25) is 11.8 Å². The number of benzene rings is 2. The standard InChI is InChI=1S/C21H26N2O3/c1-4-22(15-18-11-7-6-8-12-18)21(25)16-23(17(3)24)19-13-9-10-14-20(19)26-5-2/h6-14H,4-5,15-16H2,1-3H3. The fourth-order valence-corrected chi connectivity index (χ4v) is 2.74. The maximum atomic E-state index is 12.8. The summed E-state index contributed by atoms with van der Waals surface area (Å²) < 4.78 is 5.61. The fourth-order valence-electron chi connectivity index (χ4n) is 2.74. The number of hydrogen-bond acceptors (Lipinski definition) is 3. The van der Waals surface area contributed by atoms with E-state index < -0.39 is 0 Å². The van der Waals surface area contributed by atoms with Crippen molar-refractivity contribution in [3.05, 3.63) is 60.2 Å². The molecule has 0 unspecified atom stereocenters.